The minimum Gasteiger partial charge on any atom is -0.389 e. The number of imide groups is 1. The number of sulfonamides is 1. The van der Waals surface area contributed by atoms with Crippen LogP contribution in [-0.2, 0) is 37.1 Å². The number of benzene rings is 2. The highest BCUT2D eigenvalue weighted by Gasteiger charge is 2.37. The first-order chi connectivity index (χ1) is 31.8. The number of likely N-dealkylation sites (tertiary alicyclic amines) is 1. The van der Waals surface area contributed by atoms with E-state index in [0.29, 0.717) is 64.0 Å². The van der Waals surface area contributed by atoms with Gasteiger partial charge in [0.2, 0.25) is 33.7 Å². The normalized spacial score (nSPS) is 21.6. The van der Waals surface area contributed by atoms with Gasteiger partial charge < -0.3 is 25.1 Å². The van der Waals surface area contributed by atoms with Crippen molar-refractivity contribution in [1.82, 2.24) is 39.6 Å². The zero-order valence-electron chi connectivity index (χ0n) is 37.4. The van der Waals surface area contributed by atoms with Crippen molar-refractivity contribution in [3.8, 4) is 11.3 Å². The Labute approximate surface area is 386 Å². The molecule has 21 heteroatoms. The Hall–Kier alpha value is -5.51. The van der Waals surface area contributed by atoms with Crippen LogP contribution in [0.2, 0.25) is 0 Å². The minimum absolute atomic E-state index is 0.00395. The fourth-order valence-electron chi connectivity index (χ4n) is 9.57. The van der Waals surface area contributed by atoms with Crippen LogP contribution in [0.3, 0.4) is 0 Å². The molecule has 4 fully saturated rings. The molecule has 2 aromatic carbocycles. The van der Waals surface area contributed by atoms with Crippen molar-refractivity contribution < 1.29 is 45.5 Å². The zero-order valence-corrected chi connectivity index (χ0v) is 38.3. The predicted molar refractivity (Wildman–Crippen MR) is 240 cm³/mol. The Morgan fingerprint density at radius 3 is 2.25 bits per heavy atom. The molecule has 1 atom stereocenters. The second-order valence-corrected chi connectivity index (χ2v) is 20.5. The second-order valence-electron chi connectivity index (χ2n) is 18.8. The number of hydrogen-bond acceptors (Lipinski definition) is 12. The molecule has 8 rings (SSSR count). The fourth-order valence-corrected chi connectivity index (χ4v) is 10.9. The summed E-state index contributed by atoms with van der Waals surface area (Å²) < 4.78 is 88.0. The van der Waals surface area contributed by atoms with Crippen LogP contribution in [0.5, 0.6) is 0 Å². The van der Waals surface area contributed by atoms with Crippen molar-refractivity contribution in [3.63, 3.8) is 0 Å². The third-order valence-corrected chi connectivity index (χ3v) is 14.7. The highest BCUT2D eigenvalue weighted by Crippen LogP contribution is 2.37. The lowest BCUT2D eigenvalue weighted by Gasteiger charge is -2.40. The monoisotopic (exact) mass is 952 g/mol. The van der Waals surface area contributed by atoms with Gasteiger partial charge in [-0.2, -0.15) is 18.3 Å². The van der Waals surface area contributed by atoms with Crippen molar-refractivity contribution in [2.45, 2.75) is 100 Å². The summed E-state index contributed by atoms with van der Waals surface area (Å²) in [7, 11) is -4.12. The minimum atomic E-state index is -4.82. The van der Waals surface area contributed by atoms with E-state index in [-0.39, 0.29) is 64.2 Å². The standard InChI is InChI=1S/C46H56F4N10O6S/c1-45(2,64)28-60-27-32(24-52-60)41-37(46(48,49)50)25-51-44(55-41)53-39-13-11-35(23-38(39)47)67(65,66)56-33-15-17-57(18-16-33)26-29-3-5-31(6-4-29)43(63)59-21-19-58(20-22-59)34-9-7-30(8-10-34)36-12-14-40(61)54-42(36)62/h7-11,13,23-25,27,29,31,33,36,56,64H,3-6,12,14-22,26,28H2,1-2H3,(H,51,53,55)(H,54,61,62). The summed E-state index contributed by atoms with van der Waals surface area (Å²) in [6.07, 6.45) is 3.76. The zero-order chi connectivity index (χ0) is 47.7. The molecule has 5 heterocycles. The van der Waals surface area contributed by atoms with E-state index >= 15 is 4.39 Å². The van der Waals surface area contributed by atoms with E-state index in [1.54, 1.807) is 0 Å². The van der Waals surface area contributed by atoms with Crippen LogP contribution in [0.15, 0.2) is 66.0 Å². The number of alkyl halides is 3. The highest BCUT2D eigenvalue weighted by atomic mass is 32.2. The molecule has 0 spiro atoms. The van der Waals surface area contributed by atoms with E-state index in [1.807, 2.05) is 29.2 Å². The molecule has 360 valence electrons. The van der Waals surface area contributed by atoms with Crippen LogP contribution in [0.1, 0.15) is 82.3 Å². The van der Waals surface area contributed by atoms with E-state index in [2.05, 4.69) is 40.2 Å². The lowest BCUT2D eigenvalue weighted by molar-refractivity contribution is -0.138. The molecule has 3 aliphatic heterocycles. The molecule has 0 radical (unpaired) electrons. The first kappa shape index (κ1) is 48.0. The van der Waals surface area contributed by atoms with Crippen LogP contribution < -0.4 is 20.3 Å². The van der Waals surface area contributed by atoms with Gasteiger partial charge >= 0.3 is 6.18 Å². The van der Waals surface area contributed by atoms with Gasteiger partial charge in [-0.15, -0.1) is 0 Å². The van der Waals surface area contributed by atoms with Gasteiger partial charge in [-0.1, -0.05) is 12.1 Å². The number of amides is 3. The van der Waals surface area contributed by atoms with Crippen LogP contribution in [0.4, 0.5) is 34.9 Å². The molecule has 67 heavy (non-hydrogen) atoms. The smallest absolute Gasteiger partial charge is 0.389 e. The number of carbonyl (C=O) groups is 3. The first-order valence-corrected chi connectivity index (χ1v) is 24.2. The number of piperazine rings is 1. The molecular formula is C46H56F4N10O6S. The molecule has 4 aromatic rings. The van der Waals surface area contributed by atoms with E-state index in [9.17, 15) is 41.1 Å². The number of anilines is 3. The Morgan fingerprint density at radius 2 is 1.61 bits per heavy atom. The number of aliphatic hydroxyl groups is 1. The summed E-state index contributed by atoms with van der Waals surface area (Å²) >= 11 is 0. The van der Waals surface area contributed by atoms with Crippen molar-refractivity contribution in [1.29, 1.82) is 0 Å². The van der Waals surface area contributed by atoms with Gasteiger partial charge in [0.15, 0.2) is 0 Å². The van der Waals surface area contributed by atoms with Gasteiger partial charge in [-0.25, -0.2) is 27.5 Å². The maximum absolute atomic E-state index is 15.4. The van der Waals surface area contributed by atoms with Crippen LogP contribution in [-0.4, -0.2) is 118 Å². The molecule has 1 aliphatic carbocycles. The van der Waals surface area contributed by atoms with Gasteiger partial charge in [-0.3, -0.25) is 24.4 Å². The third kappa shape index (κ3) is 11.8. The fraction of sp³-hybridized carbons (Fsp3) is 0.522. The summed E-state index contributed by atoms with van der Waals surface area (Å²) in [4.78, 5) is 51.4. The van der Waals surface area contributed by atoms with Crippen molar-refractivity contribution in [3.05, 3.63) is 78.0 Å². The lowest BCUT2D eigenvalue weighted by atomic mass is 9.80. The van der Waals surface area contributed by atoms with Crippen molar-refractivity contribution >= 4 is 45.1 Å². The van der Waals surface area contributed by atoms with E-state index < -0.39 is 38.9 Å². The second kappa shape index (κ2) is 19.6. The summed E-state index contributed by atoms with van der Waals surface area (Å²) in [5.74, 6) is -1.48. The quantitative estimate of drug-likeness (QED) is 0.0983. The number of piperidine rings is 2. The van der Waals surface area contributed by atoms with E-state index in [4.69, 9.17) is 0 Å². The summed E-state index contributed by atoms with van der Waals surface area (Å²) in [6.45, 7) is 8.03. The van der Waals surface area contributed by atoms with Crippen molar-refractivity contribution in [2.24, 2.45) is 11.8 Å². The molecule has 16 nitrogen and oxygen atoms in total. The van der Waals surface area contributed by atoms with Gasteiger partial charge in [0.25, 0.3) is 0 Å². The summed E-state index contributed by atoms with van der Waals surface area (Å²) in [5.41, 5.74) is -1.16. The SMILES string of the molecule is CC(C)(O)Cn1cc(-c2nc(Nc3ccc(S(=O)(=O)NC4CCN(CC5CCC(C(=O)N6CCN(c7ccc(C8CCC(=O)NC8=O)cc7)CC6)CC5)CC4)cc3F)ncc2C(F)(F)F)cn1. The Balaban J connectivity index is 0.769. The Kier molecular flexibility index (Phi) is 14.0. The number of rotatable bonds is 13. The number of carbonyl (C=O) groups excluding carboxylic acids is 3. The average Bonchev–Trinajstić information content (AvgIpc) is 3.74. The molecular weight excluding hydrogens is 897 g/mol. The largest absolute Gasteiger partial charge is 0.419 e. The molecule has 0 bridgehead atoms. The Bertz CT molecular complexity index is 2550. The maximum atomic E-state index is 15.4. The van der Waals surface area contributed by atoms with Crippen LogP contribution in [0, 0.1) is 17.7 Å². The van der Waals surface area contributed by atoms with Crippen LogP contribution in [0.25, 0.3) is 11.3 Å². The lowest BCUT2D eigenvalue weighted by Crippen LogP contribution is -2.51. The molecule has 1 saturated carbocycles. The number of halogens is 4. The number of nitrogens with zero attached hydrogens (tertiary/aromatic N) is 7. The topological polar surface area (TPSA) is 195 Å². The molecule has 4 aliphatic rings. The van der Waals surface area contributed by atoms with Gasteiger partial charge in [0.1, 0.15) is 11.4 Å². The summed E-state index contributed by atoms with van der Waals surface area (Å²) in [6, 6.07) is 10.7. The summed E-state index contributed by atoms with van der Waals surface area (Å²) in [5, 5.41) is 19.1. The Morgan fingerprint density at radius 1 is 0.910 bits per heavy atom. The highest BCUT2D eigenvalue weighted by molar-refractivity contribution is 7.89. The van der Waals surface area contributed by atoms with E-state index in [0.717, 1.165) is 68.7 Å². The van der Waals surface area contributed by atoms with Crippen LogP contribution >= 0.6 is 0 Å². The molecule has 2 aromatic heterocycles. The molecule has 3 amide bonds. The van der Waals surface area contributed by atoms with Gasteiger partial charge in [0.05, 0.1) is 40.5 Å². The number of nitrogens with one attached hydrogen (secondary N) is 3. The number of hydrogen-bond donors (Lipinski definition) is 4. The maximum Gasteiger partial charge on any atom is 0.419 e. The van der Waals surface area contributed by atoms with E-state index in [1.165, 1.54) is 37.0 Å². The van der Waals surface area contributed by atoms with Crippen molar-refractivity contribution in [2.75, 3.05) is 56.0 Å². The first-order valence-electron chi connectivity index (χ1n) is 22.8. The molecule has 4 N–H and O–H groups in total. The predicted octanol–water partition coefficient (Wildman–Crippen LogP) is 5.43. The molecule has 1 unspecified atom stereocenters. The van der Waals surface area contributed by atoms with Gasteiger partial charge in [-0.05, 0) is 114 Å². The third-order valence-electron chi connectivity index (χ3n) is 13.2. The average molecular weight is 953 g/mol. The number of aromatic nitrogens is 4. The van der Waals surface area contributed by atoms with Gasteiger partial charge in [0, 0.05) is 74.7 Å². The molecule has 3 saturated heterocycles.